The monoisotopic (exact) mass is 301 g/mol. The number of rotatable bonds is 5. The average molecular weight is 301 g/mol. The SMILES string of the molecule is CC1(C(=O)NC2CC2)OC(=O)C(CCc2ccccc2)C1=O. The van der Waals surface area contributed by atoms with Crippen LogP contribution in [0.25, 0.3) is 0 Å². The van der Waals surface area contributed by atoms with Crippen molar-refractivity contribution in [3.63, 3.8) is 0 Å². The van der Waals surface area contributed by atoms with Gasteiger partial charge < -0.3 is 10.1 Å². The second kappa shape index (κ2) is 5.55. The van der Waals surface area contributed by atoms with Gasteiger partial charge in [0, 0.05) is 6.04 Å². The van der Waals surface area contributed by atoms with E-state index in [0.717, 1.165) is 18.4 Å². The van der Waals surface area contributed by atoms with Crippen LogP contribution in [-0.4, -0.2) is 29.3 Å². The number of cyclic esters (lactones) is 1. The molecule has 0 bridgehead atoms. The lowest BCUT2D eigenvalue weighted by molar-refractivity contribution is -0.160. The van der Waals surface area contributed by atoms with E-state index in [2.05, 4.69) is 5.32 Å². The van der Waals surface area contributed by atoms with E-state index in [0.29, 0.717) is 12.8 Å². The topological polar surface area (TPSA) is 72.5 Å². The molecule has 1 aromatic rings. The van der Waals surface area contributed by atoms with Crippen LogP contribution < -0.4 is 5.32 Å². The van der Waals surface area contributed by atoms with Gasteiger partial charge in [-0.2, -0.15) is 0 Å². The van der Waals surface area contributed by atoms with Crippen molar-refractivity contribution < 1.29 is 19.1 Å². The minimum Gasteiger partial charge on any atom is -0.440 e. The Bertz CT molecular complexity index is 608. The summed E-state index contributed by atoms with van der Waals surface area (Å²) in [6.45, 7) is 1.40. The van der Waals surface area contributed by atoms with Crippen molar-refractivity contribution in [3.8, 4) is 0 Å². The smallest absolute Gasteiger partial charge is 0.318 e. The fourth-order valence-electron chi connectivity index (χ4n) is 2.68. The maximum absolute atomic E-state index is 12.5. The molecule has 5 heteroatoms. The fourth-order valence-corrected chi connectivity index (χ4v) is 2.68. The summed E-state index contributed by atoms with van der Waals surface area (Å²) < 4.78 is 5.15. The maximum Gasteiger partial charge on any atom is 0.318 e. The van der Waals surface area contributed by atoms with Gasteiger partial charge in [0.2, 0.25) is 5.60 Å². The molecule has 2 atom stereocenters. The van der Waals surface area contributed by atoms with Crippen LogP contribution in [0, 0.1) is 5.92 Å². The van der Waals surface area contributed by atoms with Crippen LogP contribution in [0.15, 0.2) is 30.3 Å². The van der Waals surface area contributed by atoms with Crippen LogP contribution in [0.1, 0.15) is 31.7 Å². The lowest BCUT2D eigenvalue weighted by atomic mass is 9.89. The van der Waals surface area contributed by atoms with Crippen molar-refractivity contribution in [2.75, 3.05) is 0 Å². The number of Topliss-reactive ketones (excluding diaryl/α,β-unsaturated/α-hetero) is 1. The van der Waals surface area contributed by atoms with Crippen molar-refractivity contribution in [2.45, 2.75) is 44.2 Å². The Morgan fingerprint density at radius 2 is 1.95 bits per heavy atom. The Hall–Kier alpha value is -2.17. The maximum atomic E-state index is 12.5. The van der Waals surface area contributed by atoms with Gasteiger partial charge in [-0.15, -0.1) is 0 Å². The Morgan fingerprint density at radius 3 is 2.59 bits per heavy atom. The Labute approximate surface area is 129 Å². The summed E-state index contributed by atoms with van der Waals surface area (Å²) in [5.74, 6) is -2.35. The van der Waals surface area contributed by atoms with Gasteiger partial charge in [0.05, 0.1) is 0 Å². The highest BCUT2D eigenvalue weighted by molar-refractivity contribution is 6.20. The number of nitrogens with one attached hydrogen (secondary N) is 1. The molecular formula is C17H19NO4. The first-order valence-corrected chi connectivity index (χ1v) is 7.63. The third-order valence-electron chi connectivity index (χ3n) is 4.29. The van der Waals surface area contributed by atoms with E-state index in [1.54, 1.807) is 0 Å². The molecule has 0 radical (unpaired) electrons. The van der Waals surface area contributed by atoms with E-state index in [-0.39, 0.29) is 6.04 Å². The zero-order chi connectivity index (χ0) is 15.7. The van der Waals surface area contributed by atoms with Gasteiger partial charge in [-0.05, 0) is 38.2 Å². The minimum atomic E-state index is -1.67. The van der Waals surface area contributed by atoms with Crippen LogP contribution in [0.4, 0.5) is 0 Å². The summed E-state index contributed by atoms with van der Waals surface area (Å²) in [6, 6.07) is 9.76. The van der Waals surface area contributed by atoms with E-state index in [9.17, 15) is 14.4 Å². The van der Waals surface area contributed by atoms with Crippen molar-refractivity contribution in [3.05, 3.63) is 35.9 Å². The third-order valence-corrected chi connectivity index (χ3v) is 4.29. The quantitative estimate of drug-likeness (QED) is 0.659. The number of esters is 1. The van der Waals surface area contributed by atoms with Crippen molar-refractivity contribution in [2.24, 2.45) is 5.92 Å². The number of ether oxygens (including phenoxy) is 1. The van der Waals surface area contributed by atoms with Gasteiger partial charge in [-0.25, -0.2) is 0 Å². The van der Waals surface area contributed by atoms with Crippen molar-refractivity contribution in [1.82, 2.24) is 5.32 Å². The summed E-state index contributed by atoms with van der Waals surface area (Å²) in [5, 5.41) is 2.74. The molecule has 0 aromatic heterocycles. The molecule has 116 valence electrons. The van der Waals surface area contributed by atoms with Gasteiger partial charge >= 0.3 is 5.97 Å². The van der Waals surface area contributed by atoms with Gasteiger partial charge in [-0.3, -0.25) is 14.4 Å². The number of hydrogen-bond donors (Lipinski definition) is 1. The number of benzene rings is 1. The first-order valence-electron chi connectivity index (χ1n) is 7.63. The summed E-state index contributed by atoms with van der Waals surface area (Å²) in [7, 11) is 0. The lowest BCUT2D eigenvalue weighted by Crippen LogP contribution is -2.50. The molecule has 3 rings (SSSR count). The van der Waals surface area contributed by atoms with Crippen LogP contribution in [0.5, 0.6) is 0 Å². The Kier molecular flexibility index (Phi) is 3.72. The largest absolute Gasteiger partial charge is 0.440 e. The summed E-state index contributed by atoms with van der Waals surface area (Å²) in [6.07, 6.45) is 2.81. The molecular weight excluding hydrogens is 282 g/mol. The van der Waals surface area contributed by atoms with E-state index >= 15 is 0 Å². The highest BCUT2D eigenvalue weighted by atomic mass is 16.6. The predicted molar refractivity (Wildman–Crippen MR) is 78.9 cm³/mol. The zero-order valence-corrected chi connectivity index (χ0v) is 12.5. The summed E-state index contributed by atoms with van der Waals surface area (Å²) in [4.78, 5) is 36.7. The number of amides is 1. The van der Waals surface area contributed by atoms with Gasteiger partial charge in [-0.1, -0.05) is 30.3 Å². The van der Waals surface area contributed by atoms with E-state index in [1.807, 2.05) is 30.3 Å². The van der Waals surface area contributed by atoms with Crippen LogP contribution in [0.3, 0.4) is 0 Å². The van der Waals surface area contributed by atoms with E-state index in [4.69, 9.17) is 4.74 Å². The standard InChI is InChI=1S/C17H19NO4/c1-17(16(21)18-12-8-9-12)14(19)13(15(20)22-17)10-7-11-5-3-2-4-6-11/h2-6,12-13H,7-10H2,1H3,(H,18,21). The van der Waals surface area contributed by atoms with Crippen LogP contribution in [0.2, 0.25) is 0 Å². The molecule has 0 spiro atoms. The molecule has 22 heavy (non-hydrogen) atoms. The second-order valence-corrected chi connectivity index (χ2v) is 6.14. The number of carbonyl (C=O) groups excluding carboxylic acids is 3. The lowest BCUT2D eigenvalue weighted by Gasteiger charge is -2.19. The minimum absolute atomic E-state index is 0.124. The van der Waals surface area contributed by atoms with Gasteiger partial charge in [0.25, 0.3) is 5.91 Å². The Balaban J connectivity index is 1.66. The average Bonchev–Trinajstić information content (AvgIpc) is 3.28. The molecule has 1 aliphatic heterocycles. The number of ketones is 1. The van der Waals surface area contributed by atoms with E-state index < -0.39 is 29.2 Å². The van der Waals surface area contributed by atoms with Gasteiger partial charge in [0.15, 0.2) is 5.78 Å². The molecule has 1 heterocycles. The molecule has 2 unspecified atom stereocenters. The first-order chi connectivity index (χ1) is 10.5. The number of hydrogen-bond acceptors (Lipinski definition) is 4. The molecule has 1 saturated heterocycles. The zero-order valence-electron chi connectivity index (χ0n) is 12.5. The highest BCUT2D eigenvalue weighted by Gasteiger charge is 2.57. The van der Waals surface area contributed by atoms with Crippen LogP contribution >= 0.6 is 0 Å². The summed E-state index contributed by atoms with van der Waals surface area (Å²) in [5.41, 5.74) is -0.611. The summed E-state index contributed by atoms with van der Waals surface area (Å²) >= 11 is 0. The second-order valence-electron chi connectivity index (χ2n) is 6.14. The molecule has 2 aliphatic rings. The first kappa shape index (κ1) is 14.8. The predicted octanol–water partition coefficient (Wildman–Crippen LogP) is 1.40. The van der Waals surface area contributed by atoms with Crippen molar-refractivity contribution in [1.29, 1.82) is 0 Å². The van der Waals surface area contributed by atoms with Crippen LogP contribution in [-0.2, 0) is 25.5 Å². The molecule has 1 aromatic carbocycles. The molecule has 1 aliphatic carbocycles. The Morgan fingerprint density at radius 1 is 1.27 bits per heavy atom. The van der Waals surface area contributed by atoms with Crippen molar-refractivity contribution >= 4 is 17.7 Å². The normalized spacial score (nSPS) is 27.6. The fraction of sp³-hybridized carbons (Fsp3) is 0.471. The molecule has 1 N–H and O–H groups in total. The molecule has 1 amide bonds. The highest BCUT2D eigenvalue weighted by Crippen LogP contribution is 2.32. The van der Waals surface area contributed by atoms with Gasteiger partial charge in [0.1, 0.15) is 5.92 Å². The third kappa shape index (κ3) is 2.75. The number of aryl methyl sites for hydroxylation is 1. The molecule has 1 saturated carbocycles. The molecule has 2 fully saturated rings. The number of carbonyl (C=O) groups is 3. The molecule has 5 nitrogen and oxygen atoms in total. The van der Waals surface area contributed by atoms with E-state index in [1.165, 1.54) is 6.92 Å².